The number of hydrogen-bond acceptors (Lipinski definition) is 3. The standard InChI is InChI=1S/C19H19FN2O3/c1-13-4-5-14(20)11-17(13)21-18(23)12-25-16-8-6-15(7-9-16)22-10-2-3-19(22)24/h4-9,11H,2-3,10,12H2,1H3,(H,21,23). The van der Waals surface area contributed by atoms with Gasteiger partial charge in [0.15, 0.2) is 6.61 Å². The number of aryl methyl sites for hydroxylation is 1. The normalized spacial score (nSPS) is 13.8. The van der Waals surface area contributed by atoms with Crippen LogP contribution in [-0.4, -0.2) is 25.0 Å². The minimum Gasteiger partial charge on any atom is -0.484 e. The topological polar surface area (TPSA) is 58.6 Å². The van der Waals surface area contributed by atoms with Crippen LogP contribution in [0.1, 0.15) is 18.4 Å². The molecular formula is C19H19FN2O3. The van der Waals surface area contributed by atoms with Crippen LogP contribution in [0.3, 0.4) is 0 Å². The van der Waals surface area contributed by atoms with Crippen molar-refractivity contribution in [2.24, 2.45) is 0 Å². The van der Waals surface area contributed by atoms with Gasteiger partial charge in [0, 0.05) is 24.3 Å². The molecule has 1 N–H and O–H groups in total. The van der Waals surface area contributed by atoms with Crippen LogP contribution in [-0.2, 0) is 9.59 Å². The number of amides is 2. The molecule has 1 fully saturated rings. The van der Waals surface area contributed by atoms with Crippen LogP contribution in [0.5, 0.6) is 5.75 Å². The van der Waals surface area contributed by atoms with Crippen molar-refractivity contribution in [3.05, 3.63) is 53.8 Å². The van der Waals surface area contributed by atoms with E-state index in [1.165, 1.54) is 12.1 Å². The highest BCUT2D eigenvalue weighted by Gasteiger charge is 2.21. The Kier molecular flexibility index (Phi) is 4.97. The van der Waals surface area contributed by atoms with E-state index in [9.17, 15) is 14.0 Å². The van der Waals surface area contributed by atoms with Gasteiger partial charge in [-0.3, -0.25) is 9.59 Å². The molecule has 0 saturated carbocycles. The third kappa shape index (κ3) is 4.15. The zero-order chi connectivity index (χ0) is 17.8. The second-order valence-corrected chi connectivity index (χ2v) is 5.94. The molecule has 0 spiro atoms. The molecule has 0 aliphatic carbocycles. The Hall–Kier alpha value is -2.89. The van der Waals surface area contributed by atoms with Gasteiger partial charge < -0.3 is 15.0 Å². The van der Waals surface area contributed by atoms with Gasteiger partial charge in [0.05, 0.1) is 0 Å². The summed E-state index contributed by atoms with van der Waals surface area (Å²) in [6.07, 6.45) is 1.45. The first kappa shape index (κ1) is 17.0. The van der Waals surface area contributed by atoms with Gasteiger partial charge in [0.1, 0.15) is 11.6 Å². The highest BCUT2D eigenvalue weighted by Crippen LogP contribution is 2.24. The Balaban J connectivity index is 1.55. The summed E-state index contributed by atoms with van der Waals surface area (Å²) in [4.78, 5) is 25.4. The van der Waals surface area contributed by atoms with Crippen LogP contribution >= 0.6 is 0 Å². The van der Waals surface area contributed by atoms with E-state index in [2.05, 4.69) is 5.32 Å². The van der Waals surface area contributed by atoms with Crippen molar-refractivity contribution in [1.82, 2.24) is 0 Å². The van der Waals surface area contributed by atoms with E-state index in [1.807, 2.05) is 0 Å². The maximum absolute atomic E-state index is 13.2. The minimum atomic E-state index is -0.408. The Bertz CT molecular complexity index is 790. The number of hydrogen-bond donors (Lipinski definition) is 1. The molecule has 2 aromatic carbocycles. The molecule has 1 aliphatic rings. The van der Waals surface area contributed by atoms with Gasteiger partial charge in [0.2, 0.25) is 5.91 Å². The molecule has 3 rings (SSSR count). The van der Waals surface area contributed by atoms with Crippen molar-refractivity contribution >= 4 is 23.2 Å². The number of anilines is 2. The zero-order valence-electron chi connectivity index (χ0n) is 13.9. The third-order valence-corrected chi connectivity index (χ3v) is 4.07. The number of benzene rings is 2. The van der Waals surface area contributed by atoms with E-state index < -0.39 is 5.82 Å². The smallest absolute Gasteiger partial charge is 0.262 e. The predicted molar refractivity (Wildman–Crippen MR) is 93.3 cm³/mol. The molecule has 2 amide bonds. The fourth-order valence-corrected chi connectivity index (χ4v) is 2.71. The van der Waals surface area contributed by atoms with Crippen LogP contribution < -0.4 is 15.0 Å². The average molecular weight is 342 g/mol. The van der Waals surface area contributed by atoms with Gasteiger partial charge >= 0.3 is 0 Å². The Morgan fingerprint density at radius 3 is 2.68 bits per heavy atom. The Morgan fingerprint density at radius 1 is 1.24 bits per heavy atom. The van der Waals surface area contributed by atoms with Crippen molar-refractivity contribution in [3.8, 4) is 5.75 Å². The molecule has 25 heavy (non-hydrogen) atoms. The lowest BCUT2D eigenvalue weighted by Crippen LogP contribution is -2.23. The van der Waals surface area contributed by atoms with Gasteiger partial charge in [-0.15, -0.1) is 0 Å². The minimum absolute atomic E-state index is 0.124. The third-order valence-electron chi connectivity index (χ3n) is 4.07. The van der Waals surface area contributed by atoms with Crippen molar-refractivity contribution in [1.29, 1.82) is 0 Å². The first-order valence-electron chi connectivity index (χ1n) is 8.12. The number of carbonyl (C=O) groups is 2. The maximum atomic E-state index is 13.2. The number of nitrogens with zero attached hydrogens (tertiary/aromatic N) is 1. The second-order valence-electron chi connectivity index (χ2n) is 5.94. The lowest BCUT2D eigenvalue weighted by molar-refractivity contribution is -0.118. The first-order valence-corrected chi connectivity index (χ1v) is 8.12. The molecule has 130 valence electrons. The number of halogens is 1. The summed E-state index contributed by atoms with van der Waals surface area (Å²) in [6.45, 7) is 2.33. The zero-order valence-corrected chi connectivity index (χ0v) is 13.9. The van der Waals surface area contributed by atoms with Gasteiger partial charge in [-0.25, -0.2) is 4.39 Å². The molecule has 0 bridgehead atoms. The molecule has 1 saturated heterocycles. The van der Waals surface area contributed by atoms with E-state index in [0.717, 1.165) is 24.2 Å². The summed E-state index contributed by atoms with van der Waals surface area (Å²) >= 11 is 0. The van der Waals surface area contributed by atoms with E-state index in [-0.39, 0.29) is 18.4 Å². The molecule has 1 aliphatic heterocycles. The van der Waals surface area contributed by atoms with Crippen molar-refractivity contribution in [3.63, 3.8) is 0 Å². The monoisotopic (exact) mass is 342 g/mol. The van der Waals surface area contributed by atoms with Gasteiger partial charge in [-0.05, 0) is 55.3 Å². The average Bonchev–Trinajstić information content (AvgIpc) is 3.03. The molecule has 0 radical (unpaired) electrons. The van der Waals surface area contributed by atoms with Crippen molar-refractivity contribution in [2.45, 2.75) is 19.8 Å². The Morgan fingerprint density at radius 2 is 2.00 bits per heavy atom. The number of carbonyl (C=O) groups excluding carboxylic acids is 2. The number of rotatable bonds is 5. The van der Waals surface area contributed by atoms with E-state index in [1.54, 1.807) is 42.2 Å². The van der Waals surface area contributed by atoms with Crippen molar-refractivity contribution < 1.29 is 18.7 Å². The lowest BCUT2D eigenvalue weighted by Gasteiger charge is -2.16. The van der Waals surface area contributed by atoms with Crippen LogP contribution in [0.2, 0.25) is 0 Å². The maximum Gasteiger partial charge on any atom is 0.262 e. The van der Waals surface area contributed by atoms with Crippen LogP contribution in [0.4, 0.5) is 15.8 Å². The molecular weight excluding hydrogens is 323 g/mol. The molecule has 1 heterocycles. The second kappa shape index (κ2) is 7.34. The van der Waals surface area contributed by atoms with Gasteiger partial charge in [0.25, 0.3) is 5.91 Å². The van der Waals surface area contributed by atoms with Gasteiger partial charge in [-0.1, -0.05) is 6.07 Å². The lowest BCUT2D eigenvalue weighted by atomic mass is 10.2. The van der Waals surface area contributed by atoms with Crippen LogP contribution in [0.15, 0.2) is 42.5 Å². The molecule has 6 heteroatoms. The summed E-state index contributed by atoms with van der Waals surface area (Å²) in [5.41, 5.74) is 2.03. The summed E-state index contributed by atoms with van der Waals surface area (Å²) in [5.74, 6) is -0.124. The summed E-state index contributed by atoms with van der Waals surface area (Å²) in [6, 6.07) is 11.3. The highest BCUT2D eigenvalue weighted by molar-refractivity contribution is 5.95. The van der Waals surface area contributed by atoms with Gasteiger partial charge in [-0.2, -0.15) is 0 Å². The quantitative estimate of drug-likeness (QED) is 0.907. The highest BCUT2D eigenvalue weighted by atomic mass is 19.1. The van der Waals surface area contributed by atoms with E-state index in [0.29, 0.717) is 17.9 Å². The molecule has 5 nitrogen and oxygen atoms in total. The molecule has 2 aromatic rings. The number of nitrogens with one attached hydrogen (secondary N) is 1. The summed E-state index contributed by atoms with van der Waals surface area (Å²) < 4.78 is 18.7. The predicted octanol–water partition coefficient (Wildman–Crippen LogP) is 3.28. The SMILES string of the molecule is Cc1ccc(F)cc1NC(=O)COc1ccc(N2CCCC2=O)cc1. The molecule has 0 atom stereocenters. The largest absolute Gasteiger partial charge is 0.484 e. The van der Waals surface area contributed by atoms with E-state index in [4.69, 9.17) is 4.74 Å². The fraction of sp³-hybridized carbons (Fsp3) is 0.263. The van der Waals surface area contributed by atoms with E-state index >= 15 is 0 Å². The Labute approximate surface area is 145 Å². The van der Waals surface area contributed by atoms with Crippen molar-refractivity contribution in [2.75, 3.05) is 23.4 Å². The molecule has 0 unspecified atom stereocenters. The van der Waals surface area contributed by atoms with Crippen LogP contribution in [0.25, 0.3) is 0 Å². The fourth-order valence-electron chi connectivity index (χ4n) is 2.71. The summed E-state index contributed by atoms with van der Waals surface area (Å²) in [7, 11) is 0. The first-order chi connectivity index (χ1) is 12.0. The molecule has 0 aromatic heterocycles. The summed E-state index contributed by atoms with van der Waals surface area (Å²) in [5, 5.41) is 2.63. The van der Waals surface area contributed by atoms with Crippen LogP contribution in [0, 0.1) is 12.7 Å². The number of ether oxygens (including phenoxy) is 1.